The lowest BCUT2D eigenvalue weighted by atomic mass is 10.0. The molecule has 0 aliphatic carbocycles. The molecule has 0 unspecified atom stereocenters. The minimum absolute atomic E-state index is 0.315. The molecule has 1 fully saturated rings. The number of nitrogens with one attached hydrogen (secondary N) is 1. The molecule has 2 N–H and O–H groups in total. The number of amides is 1. The molecule has 4 heterocycles. The Labute approximate surface area is 229 Å². The van der Waals surface area contributed by atoms with Crippen LogP contribution in [0.2, 0.25) is 5.02 Å². The predicted molar refractivity (Wildman–Crippen MR) is 145 cm³/mol. The Morgan fingerprint density at radius 3 is 2.79 bits per heavy atom. The molecule has 6 rings (SSSR count). The number of ether oxygens (including phenoxy) is 2. The van der Waals surface area contributed by atoms with Gasteiger partial charge in [0.1, 0.15) is 25.6 Å². The molecule has 0 radical (unpaired) electrons. The molecule has 1 amide bonds. The van der Waals surface area contributed by atoms with E-state index in [1.165, 1.54) is 6.33 Å². The van der Waals surface area contributed by atoms with Crippen LogP contribution in [0.3, 0.4) is 0 Å². The molecule has 0 bridgehead atoms. The highest BCUT2D eigenvalue weighted by Crippen LogP contribution is 2.39. The first-order valence-corrected chi connectivity index (χ1v) is 13.1. The zero-order valence-electron chi connectivity index (χ0n) is 21.0. The number of likely N-dealkylation sites (tertiary alicyclic amines) is 1. The van der Waals surface area contributed by atoms with E-state index >= 15 is 0 Å². The van der Waals surface area contributed by atoms with E-state index in [1.54, 1.807) is 16.5 Å². The van der Waals surface area contributed by atoms with Gasteiger partial charge in [-0.05, 0) is 54.8 Å². The number of rotatable bonds is 6. The maximum absolute atomic E-state index is 13.5. The van der Waals surface area contributed by atoms with Crippen LogP contribution >= 0.6 is 11.6 Å². The molecule has 10 nitrogen and oxygen atoms in total. The van der Waals surface area contributed by atoms with E-state index in [1.807, 2.05) is 41.4 Å². The standard InChI is InChI=1S/C28H26ClN5O5/c29-25-19(18-7-8-23-24(13-18)39-11-10-38-23)4-3-5-21(25)31-27(35)20-12-17(15-34-16-30-32-26(20)34)14-33-9-2-1-6-22(33)28(36)37/h3-5,7-8,12-13,15-16,22H,1-2,6,9-11,14H2,(H,31,35)(H,36,37)/t22-/m0/s1. The Morgan fingerprint density at radius 1 is 1.10 bits per heavy atom. The van der Waals surface area contributed by atoms with Crippen LogP contribution in [0.25, 0.3) is 16.8 Å². The second-order valence-corrected chi connectivity index (χ2v) is 10.0. The van der Waals surface area contributed by atoms with Crippen LogP contribution in [0.4, 0.5) is 5.69 Å². The summed E-state index contributed by atoms with van der Waals surface area (Å²) in [4.78, 5) is 27.3. The monoisotopic (exact) mass is 547 g/mol. The average Bonchev–Trinajstić information content (AvgIpc) is 3.42. The Bertz CT molecular complexity index is 1570. The maximum atomic E-state index is 13.5. The van der Waals surface area contributed by atoms with Gasteiger partial charge in [-0.15, -0.1) is 10.2 Å². The van der Waals surface area contributed by atoms with E-state index < -0.39 is 17.9 Å². The van der Waals surface area contributed by atoms with Crippen LogP contribution in [-0.2, 0) is 11.3 Å². The van der Waals surface area contributed by atoms with Crippen LogP contribution in [0.1, 0.15) is 35.2 Å². The molecule has 1 atom stereocenters. The number of anilines is 1. The number of halogens is 1. The summed E-state index contributed by atoms with van der Waals surface area (Å²) >= 11 is 6.78. The molecule has 2 aliphatic rings. The average molecular weight is 548 g/mol. The lowest BCUT2D eigenvalue weighted by Crippen LogP contribution is -2.44. The topological polar surface area (TPSA) is 118 Å². The molecule has 2 aromatic heterocycles. The fraction of sp³-hybridized carbons (Fsp3) is 0.286. The normalized spacial score (nSPS) is 17.2. The van der Waals surface area contributed by atoms with Crippen LogP contribution < -0.4 is 14.8 Å². The van der Waals surface area contributed by atoms with Crippen molar-refractivity contribution in [3.8, 4) is 22.6 Å². The first-order chi connectivity index (χ1) is 19.0. The number of nitrogens with zero attached hydrogens (tertiary/aromatic N) is 4. The summed E-state index contributed by atoms with van der Waals surface area (Å²) in [5.74, 6) is 0.103. The van der Waals surface area contributed by atoms with E-state index in [9.17, 15) is 14.7 Å². The predicted octanol–water partition coefficient (Wildman–Crippen LogP) is 4.51. The maximum Gasteiger partial charge on any atom is 0.320 e. The number of aliphatic carboxylic acids is 1. The fourth-order valence-corrected chi connectivity index (χ4v) is 5.48. The molecule has 200 valence electrons. The molecular formula is C28H26ClN5O5. The van der Waals surface area contributed by atoms with Gasteiger partial charge in [-0.3, -0.25) is 18.9 Å². The van der Waals surface area contributed by atoms with Crippen molar-refractivity contribution in [2.75, 3.05) is 25.1 Å². The molecule has 39 heavy (non-hydrogen) atoms. The molecule has 2 aromatic carbocycles. The minimum Gasteiger partial charge on any atom is -0.486 e. The first-order valence-electron chi connectivity index (χ1n) is 12.8. The number of carbonyl (C=O) groups excluding carboxylic acids is 1. The number of carbonyl (C=O) groups is 2. The van der Waals surface area contributed by atoms with Gasteiger partial charge < -0.3 is 19.9 Å². The molecule has 1 saturated heterocycles. The third-order valence-corrected chi connectivity index (χ3v) is 7.48. The number of carboxylic acids is 1. The number of hydrogen-bond donors (Lipinski definition) is 2. The van der Waals surface area contributed by atoms with Crippen molar-refractivity contribution in [2.24, 2.45) is 0 Å². The second kappa shape index (κ2) is 10.5. The Hall–Kier alpha value is -4.15. The van der Waals surface area contributed by atoms with Crippen molar-refractivity contribution in [3.05, 3.63) is 71.1 Å². The number of fused-ring (bicyclic) bond motifs is 2. The molecular weight excluding hydrogens is 522 g/mol. The van der Waals surface area contributed by atoms with Gasteiger partial charge in [-0.2, -0.15) is 0 Å². The van der Waals surface area contributed by atoms with Crippen molar-refractivity contribution in [2.45, 2.75) is 31.8 Å². The molecule has 0 spiro atoms. The van der Waals surface area contributed by atoms with Gasteiger partial charge in [0.25, 0.3) is 5.91 Å². The van der Waals surface area contributed by atoms with E-state index in [-0.39, 0.29) is 0 Å². The number of hydrogen-bond acceptors (Lipinski definition) is 7. The van der Waals surface area contributed by atoms with Gasteiger partial charge >= 0.3 is 5.97 Å². The molecule has 0 saturated carbocycles. The van der Waals surface area contributed by atoms with E-state index in [4.69, 9.17) is 21.1 Å². The zero-order valence-corrected chi connectivity index (χ0v) is 21.7. The SMILES string of the molecule is O=C(Nc1cccc(-c2ccc3c(c2)OCCO3)c1Cl)c1cc(CN2CCCC[C@H]2C(=O)O)cn2cnnc12. The number of pyridine rings is 1. The lowest BCUT2D eigenvalue weighted by molar-refractivity contribution is -0.144. The number of carboxylic acid groups (broad SMARTS) is 1. The summed E-state index contributed by atoms with van der Waals surface area (Å²) in [6.45, 7) is 2.06. The van der Waals surface area contributed by atoms with Crippen molar-refractivity contribution in [1.82, 2.24) is 19.5 Å². The molecule has 11 heteroatoms. The third kappa shape index (κ3) is 5.00. The first kappa shape index (κ1) is 25.1. The van der Waals surface area contributed by atoms with Gasteiger partial charge in [0.15, 0.2) is 17.1 Å². The number of piperidine rings is 1. The largest absolute Gasteiger partial charge is 0.486 e. The highest BCUT2D eigenvalue weighted by Gasteiger charge is 2.29. The number of aromatic nitrogens is 3. The Balaban J connectivity index is 1.28. The van der Waals surface area contributed by atoms with Crippen LogP contribution in [0, 0.1) is 0 Å². The quantitative estimate of drug-likeness (QED) is 0.362. The summed E-state index contributed by atoms with van der Waals surface area (Å²) in [6, 6.07) is 12.2. The summed E-state index contributed by atoms with van der Waals surface area (Å²) in [6.07, 6.45) is 5.78. The summed E-state index contributed by atoms with van der Waals surface area (Å²) < 4.78 is 13.0. The molecule has 4 aromatic rings. The van der Waals surface area contributed by atoms with Gasteiger partial charge in [0.2, 0.25) is 0 Å². The highest BCUT2D eigenvalue weighted by atomic mass is 35.5. The Morgan fingerprint density at radius 2 is 1.95 bits per heavy atom. The second-order valence-electron chi connectivity index (χ2n) is 9.62. The minimum atomic E-state index is -0.828. The van der Waals surface area contributed by atoms with Gasteiger partial charge in [-0.1, -0.05) is 36.2 Å². The fourth-order valence-electron chi connectivity index (χ4n) is 5.20. The summed E-state index contributed by atoms with van der Waals surface area (Å²) in [7, 11) is 0. The van der Waals surface area contributed by atoms with E-state index in [2.05, 4.69) is 15.5 Å². The third-order valence-electron chi connectivity index (χ3n) is 7.08. The number of benzene rings is 2. The van der Waals surface area contributed by atoms with Crippen LogP contribution in [0.15, 0.2) is 55.0 Å². The van der Waals surface area contributed by atoms with Crippen LogP contribution in [-0.4, -0.2) is 62.3 Å². The Kier molecular flexibility index (Phi) is 6.80. The summed E-state index contributed by atoms with van der Waals surface area (Å²) in [5, 5.41) is 21.1. The molecule has 2 aliphatic heterocycles. The van der Waals surface area contributed by atoms with Crippen molar-refractivity contribution >= 4 is 34.8 Å². The van der Waals surface area contributed by atoms with Crippen molar-refractivity contribution in [3.63, 3.8) is 0 Å². The lowest BCUT2D eigenvalue weighted by Gasteiger charge is -2.32. The van der Waals surface area contributed by atoms with Crippen molar-refractivity contribution in [1.29, 1.82) is 0 Å². The zero-order chi connectivity index (χ0) is 26.9. The van der Waals surface area contributed by atoms with Crippen LogP contribution in [0.5, 0.6) is 11.5 Å². The van der Waals surface area contributed by atoms with E-state index in [0.717, 1.165) is 29.5 Å². The van der Waals surface area contributed by atoms with Crippen molar-refractivity contribution < 1.29 is 24.2 Å². The highest BCUT2D eigenvalue weighted by molar-refractivity contribution is 6.36. The van der Waals surface area contributed by atoms with E-state index in [0.29, 0.717) is 66.1 Å². The smallest absolute Gasteiger partial charge is 0.320 e. The van der Waals surface area contributed by atoms with Gasteiger partial charge in [0.05, 0.1) is 16.3 Å². The van der Waals surface area contributed by atoms with Gasteiger partial charge in [-0.25, -0.2) is 0 Å². The summed E-state index contributed by atoms with van der Waals surface area (Å²) in [5.41, 5.74) is 3.50. The van der Waals surface area contributed by atoms with Gasteiger partial charge in [0, 0.05) is 18.3 Å².